The fraction of sp³-hybridized carbons (Fsp3) is 0.588. The van der Waals surface area contributed by atoms with E-state index in [4.69, 9.17) is 5.73 Å². The average molecular weight is 400 g/mol. The molecule has 0 aliphatic rings. The van der Waals surface area contributed by atoms with E-state index < -0.39 is 23.9 Å². The first kappa shape index (κ1) is 21.6. The summed E-state index contributed by atoms with van der Waals surface area (Å²) < 4.78 is 39.5. The molecule has 2 aromatic heterocycles. The molecule has 2 unspecified atom stereocenters. The second kappa shape index (κ2) is 8.11. The van der Waals surface area contributed by atoms with Gasteiger partial charge >= 0.3 is 6.18 Å². The van der Waals surface area contributed by atoms with E-state index >= 15 is 0 Å². The quantitative estimate of drug-likeness (QED) is 0.734. The third-order valence-electron chi connectivity index (χ3n) is 4.74. The van der Waals surface area contributed by atoms with Crippen LogP contribution in [0.3, 0.4) is 0 Å². The first-order valence-electron chi connectivity index (χ1n) is 8.84. The van der Waals surface area contributed by atoms with Crippen LogP contribution >= 0.6 is 0 Å². The predicted octanol–water partition coefficient (Wildman–Crippen LogP) is 1.71. The molecule has 0 radical (unpaired) electrons. The van der Waals surface area contributed by atoms with Crippen molar-refractivity contribution in [1.82, 2.24) is 24.9 Å². The standard InChI is InChI=1S/C17H23F3N6O2/c1-5-8(2)13(14(21)28)23-12(27)7-6-11-9(3)22-16-24-15(17(18,19)20)25-26(16)10(11)4/h8,13H,5-7H2,1-4H3,(H2,21,28)(H,23,27). The first-order valence-corrected chi connectivity index (χ1v) is 8.84. The molecule has 0 saturated carbocycles. The van der Waals surface area contributed by atoms with Crippen LogP contribution < -0.4 is 11.1 Å². The van der Waals surface area contributed by atoms with Gasteiger partial charge in [0.25, 0.3) is 11.6 Å². The van der Waals surface area contributed by atoms with Gasteiger partial charge in [0, 0.05) is 17.8 Å². The summed E-state index contributed by atoms with van der Waals surface area (Å²) in [5, 5.41) is 6.09. The molecule has 2 atom stereocenters. The van der Waals surface area contributed by atoms with Gasteiger partial charge in [-0.05, 0) is 31.7 Å². The molecular weight excluding hydrogens is 377 g/mol. The van der Waals surface area contributed by atoms with Crippen LogP contribution in [0.1, 0.15) is 49.5 Å². The molecule has 8 nitrogen and oxygen atoms in total. The third kappa shape index (κ3) is 4.57. The summed E-state index contributed by atoms with van der Waals surface area (Å²) in [6.07, 6.45) is -3.76. The number of carbonyl (C=O) groups excluding carboxylic acids is 2. The Kier molecular flexibility index (Phi) is 6.25. The maximum absolute atomic E-state index is 12.8. The van der Waals surface area contributed by atoms with Crippen LogP contribution in [0.4, 0.5) is 13.2 Å². The van der Waals surface area contributed by atoms with E-state index in [2.05, 4.69) is 20.4 Å². The highest BCUT2D eigenvalue weighted by Crippen LogP contribution is 2.27. The Hall–Kier alpha value is -2.72. The number of hydrogen-bond acceptors (Lipinski definition) is 5. The van der Waals surface area contributed by atoms with Gasteiger partial charge < -0.3 is 11.1 Å². The van der Waals surface area contributed by atoms with Crippen molar-refractivity contribution < 1.29 is 22.8 Å². The molecule has 28 heavy (non-hydrogen) atoms. The lowest BCUT2D eigenvalue weighted by molar-refractivity contribution is -0.144. The third-order valence-corrected chi connectivity index (χ3v) is 4.74. The lowest BCUT2D eigenvalue weighted by Gasteiger charge is -2.21. The highest BCUT2D eigenvalue weighted by molar-refractivity contribution is 5.86. The molecule has 0 spiro atoms. The minimum Gasteiger partial charge on any atom is -0.368 e. The summed E-state index contributed by atoms with van der Waals surface area (Å²) in [6.45, 7) is 6.92. The van der Waals surface area contributed by atoms with Crippen molar-refractivity contribution in [2.75, 3.05) is 0 Å². The SMILES string of the molecule is CCC(C)C(NC(=O)CCc1c(C)nc2nc(C(F)(F)F)nn2c1C)C(N)=O. The Labute approximate surface area is 159 Å². The monoisotopic (exact) mass is 400 g/mol. The van der Waals surface area contributed by atoms with Crippen molar-refractivity contribution in [3.63, 3.8) is 0 Å². The Balaban J connectivity index is 2.20. The zero-order valence-electron chi connectivity index (χ0n) is 16.1. The highest BCUT2D eigenvalue weighted by atomic mass is 19.4. The van der Waals surface area contributed by atoms with Crippen molar-refractivity contribution in [3.05, 3.63) is 22.8 Å². The van der Waals surface area contributed by atoms with Crippen LogP contribution in [0, 0.1) is 19.8 Å². The van der Waals surface area contributed by atoms with E-state index in [1.54, 1.807) is 13.8 Å². The summed E-state index contributed by atoms with van der Waals surface area (Å²) in [4.78, 5) is 31.3. The summed E-state index contributed by atoms with van der Waals surface area (Å²) in [7, 11) is 0. The highest BCUT2D eigenvalue weighted by Gasteiger charge is 2.37. The summed E-state index contributed by atoms with van der Waals surface area (Å²) in [5.41, 5.74) is 6.83. The van der Waals surface area contributed by atoms with E-state index in [0.717, 1.165) is 4.52 Å². The molecule has 0 fully saturated rings. The Morgan fingerprint density at radius 2 is 1.89 bits per heavy atom. The van der Waals surface area contributed by atoms with Gasteiger partial charge in [0.05, 0.1) is 0 Å². The van der Waals surface area contributed by atoms with E-state index in [-0.39, 0.29) is 30.4 Å². The number of aromatic nitrogens is 4. The molecule has 0 aliphatic heterocycles. The minimum atomic E-state index is -4.67. The van der Waals surface area contributed by atoms with Crippen molar-refractivity contribution in [2.45, 2.75) is 59.2 Å². The Bertz CT molecular complexity index is 893. The fourth-order valence-electron chi connectivity index (χ4n) is 2.90. The van der Waals surface area contributed by atoms with Gasteiger partial charge in [0.2, 0.25) is 11.8 Å². The van der Waals surface area contributed by atoms with Crippen LogP contribution in [-0.4, -0.2) is 37.4 Å². The number of amides is 2. The van der Waals surface area contributed by atoms with Crippen LogP contribution in [0.5, 0.6) is 0 Å². The molecule has 0 saturated heterocycles. The van der Waals surface area contributed by atoms with Crippen LogP contribution in [0.25, 0.3) is 5.78 Å². The van der Waals surface area contributed by atoms with Gasteiger partial charge in [0.1, 0.15) is 6.04 Å². The maximum atomic E-state index is 12.8. The van der Waals surface area contributed by atoms with Gasteiger partial charge in [-0.15, -0.1) is 5.10 Å². The van der Waals surface area contributed by atoms with Crippen molar-refractivity contribution in [1.29, 1.82) is 0 Å². The largest absolute Gasteiger partial charge is 0.453 e. The number of halogens is 3. The van der Waals surface area contributed by atoms with Crippen molar-refractivity contribution in [3.8, 4) is 0 Å². The number of fused-ring (bicyclic) bond motifs is 1. The molecule has 0 aromatic carbocycles. The number of nitrogens with zero attached hydrogens (tertiary/aromatic N) is 4. The lowest BCUT2D eigenvalue weighted by Crippen LogP contribution is -2.48. The second-order valence-electron chi connectivity index (χ2n) is 6.74. The van der Waals surface area contributed by atoms with E-state index in [1.807, 2.05) is 13.8 Å². The molecule has 0 bridgehead atoms. The van der Waals surface area contributed by atoms with Gasteiger partial charge in [-0.25, -0.2) is 9.50 Å². The molecule has 2 rings (SSSR count). The second-order valence-corrected chi connectivity index (χ2v) is 6.74. The summed E-state index contributed by atoms with van der Waals surface area (Å²) in [6, 6.07) is -0.773. The molecule has 11 heteroatoms. The molecule has 2 aromatic rings. The molecule has 0 aliphatic carbocycles. The smallest absolute Gasteiger partial charge is 0.368 e. The van der Waals surface area contributed by atoms with E-state index in [0.29, 0.717) is 23.4 Å². The molecule has 2 heterocycles. The number of carbonyl (C=O) groups is 2. The lowest BCUT2D eigenvalue weighted by atomic mass is 9.98. The van der Waals surface area contributed by atoms with Gasteiger partial charge in [-0.2, -0.15) is 18.2 Å². The minimum absolute atomic E-state index is 0.0237. The van der Waals surface area contributed by atoms with E-state index in [1.165, 1.54) is 0 Å². The van der Waals surface area contributed by atoms with Crippen LogP contribution in [-0.2, 0) is 22.2 Å². The zero-order chi connectivity index (χ0) is 21.2. The number of rotatable bonds is 7. The van der Waals surface area contributed by atoms with Crippen molar-refractivity contribution in [2.24, 2.45) is 11.7 Å². The number of hydrogen-bond donors (Lipinski definition) is 2. The van der Waals surface area contributed by atoms with Crippen molar-refractivity contribution >= 4 is 17.6 Å². The molecule has 2 amide bonds. The van der Waals surface area contributed by atoms with Gasteiger partial charge in [-0.1, -0.05) is 20.3 Å². The Morgan fingerprint density at radius 1 is 1.25 bits per heavy atom. The molecule has 154 valence electrons. The zero-order valence-corrected chi connectivity index (χ0v) is 16.1. The van der Waals surface area contributed by atoms with Crippen LogP contribution in [0.15, 0.2) is 0 Å². The maximum Gasteiger partial charge on any atom is 0.453 e. The fourth-order valence-corrected chi connectivity index (χ4v) is 2.90. The first-order chi connectivity index (χ1) is 13.0. The summed E-state index contributed by atoms with van der Waals surface area (Å²) in [5.74, 6) is -2.52. The number of nitrogens with one attached hydrogen (secondary N) is 1. The normalized spacial score (nSPS) is 14.1. The number of primary amides is 1. The van der Waals surface area contributed by atoms with Gasteiger partial charge in [-0.3, -0.25) is 9.59 Å². The Morgan fingerprint density at radius 3 is 2.43 bits per heavy atom. The van der Waals surface area contributed by atoms with Gasteiger partial charge in [0.15, 0.2) is 0 Å². The average Bonchev–Trinajstić information content (AvgIpc) is 3.03. The summed E-state index contributed by atoms with van der Waals surface area (Å²) >= 11 is 0. The molecule has 3 N–H and O–H groups in total. The predicted molar refractivity (Wildman–Crippen MR) is 94.2 cm³/mol. The molecular formula is C17H23F3N6O2. The number of nitrogens with two attached hydrogens (primary N) is 1. The number of alkyl halides is 3. The number of aryl methyl sites for hydroxylation is 2. The topological polar surface area (TPSA) is 115 Å². The van der Waals surface area contributed by atoms with E-state index in [9.17, 15) is 22.8 Å². The van der Waals surface area contributed by atoms with Crippen LogP contribution in [0.2, 0.25) is 0 Å².